The lowest BCUT2D eigenvalue weighted by Crippen LogP contribution is -2.34. The number of nitrogens with zero attached hydrogens (tertiary/aromatic N) is 2. The minimum absolute atomic E-state index is 0.0611. The Morgan fingerprint density at radius 1 is 1.22 bits per heavy atom. The minimum atomic E-state index is -4.56. The smallest absolute Gasteiger partial charge is 0.336 e. The molecule has 0 saturated heterocycles. The summed E-state index contributed by atoms with van der Waals surface area (Å²) >= 11 is 0. The van der Waals surface area contributed by atoms with E-state index in [1.807, 2.05) is 0 Å². The summed E-state index contributed by atoms with van der Waals surface area (Å²) in [5.74, 6) is 0. The summed E-state index contributed by atoms with van der Waals surface area (Å²) in [5, 5.41) is 4.53. The maximum atomic E-state index is 12.8. The van der Waals surface area contributed by atoms with Crippen LogP contribution in [0.1, 0.15) is 5.56 Å². The summed E-state index contributed by atoms with van der Waals surface area (Å²) in [7, 11) is 0. The third kappa shape index (κ3) is 4.56. The molecule has 9 heteroatoms. The van der Waals surface area contributed by atoms with Crippen LogP contribution in [0.3, 0.4) is 0 Å². The molecule has 1 heterocycles. The van der Waals surface area contributed by atoms with Gasteiger partial charge in [-0.15, -0.1) is 0 Å². The first-order valence-corrected chi connectivity index (χ1v) is 6.59. The molecule has 1 aromatic carbocycles. The number of nitrogens with one attached hydrogen (secondary N) is 2. The Balaban J connectivity index is 1.93. The van der Waals surface area contributed by atoms with Crippen LogP contribution in [0, 0.1) is 0 Å². The Morgan fingerprint density at radius 3 is 2.65 bits per heavy atom. The number of hydrogen-bond donors (Lipinski definition) is 2. The van der Waals surface area contributed by atoms with Gasteiger partial charge in [-0.25, -0.2) is 9.78 Å². The second kappa shape index (κ2) is 6.95. The lowest BCUT2D eigenvalue weighted by molar-refractivity contribution is -0.136. The van der Waals surface area contributed by atoms with Crippen molar-refractivity contribution in [2.45, 2.75) is 12.7 Å². The maximum absolute atomic E-state index is 12.8. The van der Waals surface area contributed by atoms with Crippen LogP contribution in [0.15, 0.2) is 47.7 Å². The maximum Gasteiger partial charge on any atom is 0.418 e. The summed E-state index contributed by atoms with van der Waals surface area (Å²) in [6, 6.07) is 5.14. The molecule has 2 rings (SSSR count). The highest BCUT2D eigenvalue weighted by Gasteiger charge is 2.33. The number of amides is 2. The van der Waals surface area contributed by atoms with Crippen molar-refractivity contribution in [3.8, 4) is 0 Å². The second-order valence-corrected chi connectivity index (χ2v) is 4.54. The lowest BCUT2D eigenvalue weighted by atomic mass is 10.1. The van der Waals surface area contributed by atoms with Crippen molar-refractivity contribution in [1.29, 1.82) is 0 Å². The van der Waals surface area contributed by atoms with Gasteiger partial charge in [-0.05, 0) is 12.1 Å². The molecule has 0 unspecified atom stereocenters. The van der Waals surface area contributed by atoms with Gasteiger partial charge in [-0.3, -0.25) is 9.36 Å². The van der Waals surface area contributed by atoms with E-state index in [-0.39, 0.29) is 24.3 Å². The molecule has 6 nitrogen and oxygen atoms in total. The fourth-order valence-corrected chi connectivity index (χ4v) is 1.84. The van der Waals surface area contributed by atoms with Gasteiger partial charge in [0, 0.05) is 25.4 Å². The van der Waals surface area contributed by atoms with Crippen LogP contribution in [-0.2, 0) is 12.7 Å². The topological polar surface area (TPSA) is 76.0 Å². The summed E-state index contributed by atoms with van der Waals surface area (Å²) in [6.45, 7) is 0.215. The van der Waals surface area contributed by atoms with Crippen molar-refractivity contribution >= 4 is 11.7 Å². The van der Waals surface area contributed by atoms with Crippen LogP contribution in [0.5, 0.6) is 0 Å². The monoisotopic (exact) mass is 326 g/mol. The number of aromatic nitrogens is 2. The number of benzene rings is 1. The number of urea groups is 1. The Morgan fingerprint density at radius 2 is 1.96 bits per heavy atom. The molecule has 0 radical (unpaired) electrons. The Bertz CT molecular complexity index is 743. The van der Waals surface area contributed by atoms with E-state index >= 15 is 0 Å². The van der Waals surface area contributed by atoms with Crippen LogP contribution in [-0.4, -0.2) is 22.1 Å². The predicted molar refractivity (Wildman–Crippen MR) is 77.0 cm³/mol. The van der Waals surface area contributed by atoms with Gasteiger partial charge < -0.3 is 10.6 Å². The molecule has 2 N–H and O–H groups in total. The zero-order chi connectivity index (χ0) is 16.9. The van der Waals surface area contributed by atoms with Crippen LogP contribution >= 0.6 is 0 Å². The van der Waals surface area contributed by atoms with Gasteiger partial charge in [0.25, 0.3) is 5.56 Å². The standard InChI is InChI=1S/C14H13F3N4O2/c15-14(16,17)10-3-1-2-4-11(10)20-13(23)19-7-8-21-9-18-6-5-12(21)22/h1-6,9H,7-8H2,(H2,19,20,23). The van der Waals surface area contributed by atoms with Crippen LogP contribution in [0.4, 0.5) is 23.7 Å². The van der Waals surface area contributed by atoms with Crippen molar-refractivity contribution in [1.82, 2.24) is 14.9 Å². The van der Waals surface area contributed by atoms with Crippen molar-refractivity contribution in [3.05, 3.63) is 58.8 Å². The third-order valence-electron chi connectivity index (χ3n) is 2.91. The quantitative estimate of drug-likeness (QED) is 0.903. The molecule has 2 amide bonds. The SMILES string of the molecule is O=C(NCCn1cnccc1=O)Nc1ccccc1C(F)(F)F. The molecule has 0 spiro atoms. The number of para-hydroxylation sites is 1. The average Bonchev–Trinajstić information content (AvgIpc) is 2.49. The van der Waals surface area contributed by atoms with Crippen molar-refractivity contribution in [2.75, 3.05) is 11.9 Å². The van der Waals surface area contributed by atoms with Gasteiger partial charge in [0.1, 0.15) is 0 Å². The molecule has 2 aromatic rings. The normalized spacial score (nSPS) is 11.1. The summed E-state index contributed by atoms with van der Waals surface area (Å²) in [5.41, 5.74) is -1.56. The van der Waals surface area contributed by atoms with E-state index in [1.54, 1.807) is 0 Å². The molecule has 0 aliphatic heterocycles. The van der Waals surface area contributed by atoms with Gasteiger partial charge in [0.15, 0.2) is 0 Å². The molecule has 122 valence electrons. The largest absolute Gasteiger partial charge is 0.418 e. The molecule has 0 atom stereocenters. The van der Waals surface area contributed by atoms with E-state index < -0.39 is 17.8 Å². The van der Waals surface area contributed by atoms with Crippen LogP contribution in [0.2, 0.25) is 0 Å². The first kappa shape index (κ1) is 16.5. The molecular weight excluding hydrogens is 313 g/mol. The van der Waals surface area contributed by atoms with Gasteiger partial charge in [0.05, 0.1) is 17.6 Å². The third-order valence-corrected chi connectivity index (χ3v) is 2.91. The van der Waals surface area contributed by atoms with Gasteiger partial charge >= 0.3 is 12.2 Å². The number of halogens is 3. The summed E-state index contributed by atoms with van der Waals surface area (Å²) in [4.78, 5) is 26.8. The zero-order valence-electron chi connectivity index (χ0n) is 11.8. The van der Waals surface area contributed by atoms with Crippen LogP contribution < -0.4 is 16.2 Å². The van der Waals surface area contributed by atoms with E-state index in [4.69, 9.17) is 0 Å². The first-order chi connectivity index (χ1) is 10.9. The number of carbonyl (C=O) groups is 1. The molecule has 0 bridgehead atoms. The fraction of sp³-hybridized carbons (Fsp3) is 0.214. The molecule has 23 heavy (non-hydrogen) atoms. The van der Waals surface area contributed by atoms with Crippen LogP contribution in [0.25, 0.3) is 0 Å². The number of anilines is 1. The first-order valence-electron chi connectivity index (χ1n) is 6.59. The highest BCUT2D eigenvalue weighted by Crippen LogP contribution is 2.34. The molecule has 0 saturated carbocycles. The Labute approximate surface area is 129 Å². The highest BCUT2D eigenvalue weighted by molar-refractivity contribution is 5.90. The average molecular weight is 326 g/mol. The van der Waals surface area contributed by atoms with Gasteiger partial charge in [0.2, 0.25) is 0 Å². The molecule has 0 aliphatic carbocycles. The highest BCUT2D eigenvalue weighted by atomic mass is 19.4. The Kier molecular flexibility index (Phi) is 4.99. The van der Waals surface area contributed by atoms with Crippen molar-refractivity contribution in [2.24, 2.45) is 0 Å². The number of alkyl halides is 3. The van der Waals surface area contributed by atoms with Gasteiger partial charge in [-0.2, -0.15) is 13.2 Å². The lowest BCUT2D eigenvalue weighted by Gasteiger charge is -2.14. The zero-order valence-corrected chi connectivity index (χ0v) is 11.8. The summed E-state index contributed by atoms with van der Waals surface area (Å²) in [6.07, 6.45) is -1.92. The summed E-state index contributed by atoms with van der Waals surface area (Å²) < 4.78 is 39.7. The van der Waals surface area contributed by atoms with E-state index in [2.05, 4.69) is 15.6 Å². The second-order valence-electron chi connectivity index (χ2n) is 4.54. The molecule has 0 fully saturated rings. The van der Waals surface area contributed by atoms with Crippen molar-refractivity contribution < 1.29 is 18.0 Å². The van der Waals surface area contributed by atoms with E-state index in [0.29, 0.717) is 0 Å². The van der Waals surface area contributed by atoms with Crippen molar-refractivity contribution in [3.63, 3.8) is 0 Å². The fourth-order valence-electron chi connectivity index (χ4n) is 1.84. The molecule has 0 aliphatic rings. The predicted octanol–water partition coefficient (Wildman–Crippen LogP) is 2.08. The van der Waals surface area contributed by atoms with E-state index in [1.165, 1.54) is 35.3 Å². The van der Waals surface area contributed by atoms with E-state index in [9.17, 15) is 22.8 Å². The Hall–Kier alpha value is -2.84. The number of rotatable bonds is 4. The molecule has 1 aromatic heterocycles. The number of carbonyl (C=O) groups excluding carboxylic acids is 1. The minimum Gasteiger partial charge on any atom is -0.336 e. The molecular formula is C14H13F3N4O2. The van der Waals surface area contributed by atoms with Gasteiger partial charge in [-0.1, -0.05) is 12.1 Å². The number of hydrogen-bond acceptors (Lipinski definition) is 3. The van der Waals surface area contributed by atoms with E-state index in [0.717, 1.165) is 12.1 Å².